The van der Waals surface area contributed by atoms with Crippen LogP contribution in [0.25, 0.3) is 0 Å². The van der Waals surface area contributed by atoms with Gasteiger partial charge in [0.25, 0.3) is 0 Å². The highest BCUT2D eigenvalue weighted by Crippen LogP contribution is 2.23. The fourth-order valence-electron chi connectivity index (χ4n) is 1.69. The molecule has 1 N–H and O–H groups in total. The highest BCUT2D eigenvalue weighted by molar-refractivity contribution is 6.33. The molecule has 0 aliphatic heterocycles. The summed E-state index contributed by atoms with van der Waals surface area (Å²) in [6.07, 6.45) is 0. The van der Waals surface area contributed by atoms with Gasteiger partial charge in [-0.3, -0.25) is 0 Å². The van der Waals surface area contributed by atoms with E-state index < -0.39 is 0 Å². The van der Waals surface area contributed by atoms with Crippen molar-refractivity contribution in [2.75, 3.05) is 11.9 Å². The molecule has 0 heterocycles. The Bertz CT molecular complexity index is 640. The quantitative estimate of drug-likeness (QED) is 0.905. The van der Waals surface area contributed by atoms with Crippen LogP contribution < -0.4 is 10.1 Å². The standard InChI is InChI=1S/C15H12ClFN2O/c16-14-5-4-12(17)9-15(14)19-10-11-2-1-3-13(8-11)20-7-6-18/h1-5,8-9,19H,7,10H2. The Balaban J connectivity index is 2.03. The number of nitrogens with zero attached hydrogens (tertiary/aromatic N) is 1. The molecule has 3 nitrogen and oxygen atoms in total. The molecule has 2 aromatic carbocycles. The van der Waals surface area contributed by atoms with Crippen LogP contribution in [0.4, 0.5) is 10.1 Å². The fraction of sp³-hybridized carbons (Fsp3) is 0.133. The molecular weight excluding hydrogens is 279 g/mol. The first kappa shape index (κ1) is 14.2. The number of nitrogens with one attached hydrogen (secondary N) is 1. The zero-order valence-corrected chi connectivity index (χ0v) is 11.3. The van der Waals surface area contributed by atoms with E-state index in [9.17, 15) is 4.39 Å². The van der Waals surface area contributed by atoms with Gasteiger partial charge in [-0.25, -0.2) is 4.39 Å². The molecular formula is C15H12ClFN2O. The van der Waals surface area contributed by atoms with Crippen molar-refractivity contribution < 1.29 is 9.13 Å². The second kappa shape index (κ2) is 6.78. The van der Waals surface area contributed by atoms with Gasteiger partial charge in [0.2, 0.25) is 0 Å². The van der Waals surface area contributed by atoms with Gasteiger partial charge in [-0.1, -0.05) is 23.7 Å². The summed E-state index contributed by atoms with van der Waals surface area (Å²) in [7, 11) is 0. The molecule has 0 radical (unpaired) electrons. The largest absolute Gasteiger partial charge is 0.479 e. The molecule has 0 fully saturated rings. The minimum Gasteiger partial charge on any atom is -0.479 e. The van der Waals surface area contributed by atoms with E-state index in [2.05, 4.69) is 5.32 Å². The highest BCUT2D eigenvalue weighted by Gasteiger charge is 2.02. The Morgan fingerprint density at radius 3 is 2.90 bits per heavy atom. The number of rotatable bonds is 5. The number of hydrogen-bond acceptors (Lipinski definition) is 3. The topological polar surface area (TPSA) is 45.0 Å². The van der Waals surface area contributed by atoms with Crippen LogP contribution in [0, 0.1) is 17.1 Å². The van der Waals surface area contributed by atoms with Gasteiger partial charge in [0.05, 0.1) is 10.7 Å². The van der Waals surface area contributed by atoms with Crippen molar-refractivity contribution in [3.8, 4) is 11.8 Å². The van der Waals surface area contributed by atoms with Gasteiger partial charge in [0.15, 0.2) is 6.61 Å². The Kier molecular flexibility index (Phi) is 4.80. The number of nitriles is 1. The summed E-state index contributed by atoms with van der Waals surface area (Å²) in [5, 5.41) is 12.0. The lowest BCUT2D eigenvalue weighted by Gasteiger charge is -2.09. The molecule has 20 heavy (non-hydrogen) atoms. The Morgan fingerprint density at radius 1 is 1.25 bits per heavy atom. The molecule has 0 amide bonds. The molecule has 0 spiro atoms. The zero-order valence-electron chi connectivity index (χ0n) is 10.6. The maximum atomic E-state index is 13.1. The molecule has 102 valence electrons. The van der Waals surface area contributed by atoms with E-state index in [1.54, 1.807) is 6.07 Å². The summed E-state index contributed by atoms with van der Waals surface area (Å²) >= 11 is 5.97. The predicted octanol–water partition coefficient (Wildman–Crippen LogP) is 3.99. The SMILES string of the molecule is N#CCOc1cccc(CNc2cc(F)ccc2Cl)c1. The summed E-state index contributed by atoms with van der Waals surface area (Å²) in [6, 6.07) is 13.4. The Morgan fingerprint density at radius 2 is 2.10 bits per heavy atom. The van der Waals surface area contributed by atoms with Crippen LogP contribution in [0.3, 0.4) is 0 Å². The first-order valence-electron chi connectivity index (χ1n) is 5.96. The van der Waals surface area contributed by atoms with Crippen LogP contribution in [0.5, 0.6) is 5.75 Å². The van der Waals surface area contributed by atoms with Crippen LogP contribution in [0.15, 0.2) is 42.5 Å². The summed E-state index contributed by atoms with van der Waals surface area (Å²) in [4.78, 5) is 0. The van der Waals surface area contributed by atoms with Crippen molar-refractivity contribution in [1.82, 2.24) is 0 Å². The number of hydrogen-bond donors (Lipinski definition) is 1. The van der Waals surface area contributed by atoms with E-state index in [1.807, 2.05) is 24.3 Å². The fourth-order valence-corrected chi connectivity index (χ4v) is 1.88. The maximum Gasteiger partial charge on any atom is 0.174 e. The van der Waals surface area contributed by atoms with E-state index in [4.69, 9.17) is 21.6 Å². The smallest absolute Gasteiger partial charge is 0.174 e. The van der Waals surface area contributed by atoms with Crippen molar-refractivity contribution >= 4 is 17.3 Å². The normalized spacial score (nSPS) is 9.85. The highest BCUT2D eigenvalue weighted by atomic mass is 35.5. The zero-order chi connectivity index (χ0) is 14.4. The summed E-state index contributed by atoms with van der Waals surface area (Å²) in [5.74, 6) is 0.277. The van der Waals surface area contributed by atoms with Gasteiger partial charge in [0, 0.05) is 6.54 Å². The number of halogens is 2. The third-order valence-corrected chi connectivity index (χ3v) is 2.94. The summed E-state index contributed by atoms with van der Waals surface area (Å²) < 4.78 is 18.3. The van der Waals surface area contributed by atoms with Gasteiger partial charge in [-0.2, -0.15) is 5.26 Å². The van der Waals surface area contributed by atoms with Crippen molar-refractivity contribution in [2.45, 2.75) is 6.54 Å². The molecule has 0 unspecified atom stereocenters. The van der Waals surface area contributed by atoms with Crippen LogP contribution in [0.1, 0.15) is 5.56 Å². The lowest BCUT2D eigenvalue weighted by Crippen LogP contribution is -2.01. The first-order chi connectivity index (χ1) is 9.69. The molecule has 0 aromatic heterocycles. The van der Waals surface area contributed by atoms with Gasteiger partial charge in [-0.15, -0.1) is 0 Å². The molecule has 2 rings (SSSR count). The summed E-state index contributed by atoms with van der Waals surface area (Å²) in [5.41, 5.74) is 1.48. The van der Waals surface area contributed by atoms with E-state index >= 15 is 0 Å². The third kappa shape index (κ3) is 3.87. The van der Waals surface area contributed by atoms with Crippen molar-refractivity contribution in [3.63, 3.8) is 0 Å². The molecule has 0 bridgehead atoms. The lowest BCUT2D eigenvalue weighted by atomic mass is 10.2. The van der Waals surface area contributed by atoms with Gasteiger partial charge in [-0.05, 0) is 35.9 Å². The Labute approximate surface area is 121 Å². The van der Waals surface area contributed by atoms with Crippen molar-refractivity contribution in [1.29, 1.82) is 5.26 Å². The van der Waals surface area contributed by atoms with E-state index in [0.29, 0.717) is 23.0 Å². The third-order valence-electron chi connectivity index (χ3n) is 2.61. The molecule has 0 aliphatic carbocycles. The molecule has 0 saturated heterocycles. The molecule has 0 aliphatic rings. The maximum absolute atomic E-state index is 13.1. The van der Waals surface area contributed by atoms with Gasteiger partial charge in [0.1, 0.15) is 17.6 Å². The monoisotopic (exact) mass is 290 g/mol. The minimum absolute atomic E-state index is 0.00655. The van der Waals surface area contributed by atoms with E-state index in [1.165, 1.54) is 18.2 Å². The average Bonchev–Trinajstić information content (AvgIpc) is 2.46. The lowest BCUT2D eigenvalue weighted by molar-refractivity contribution is 0.368. The molecule has 5 heteroatoms. The Hall–Kier alpha value is -2.25. The van der Waals surface area contributed by atoms with E-state index in [-0.39, 0.29) is 12.4 Å². The van der Waals surface area contributed by atoms with Gasteiger partial charge >= 0.3 is 0 Å². The van der Waals surface area contributed by atoms with E-state index in [0.717, 1.165) is 5.56 Å². The number of benzene rings is 2. The van der Waals surface area contributed by atoms with Crippen LogP contribution in [0.2, 0.25) is 5.02 Å². The molecule has 0 saturated carbocycles. The second-order valence-electron chi connectivity index (χ2n) is 4.07. The first-order valence-corrected chi connectivity index (χ1v) is 6.34. The molecule has 2 aromatic rings. The second-order valence-corrected chi connectivity index (χ2v) is 4.48. The number of ether oxygens (including phenoxy) is 1. The summed E-state index contributed by atoms with van der Waals surface area (Å²) in [6.45, 7) is 0.486. The predicted molar refractivity (Wildman–Crippen MR) is 76.3 cm³/mol. The van der Waals surface area contributed by atoms with Crippen molar-refractivity contribution in [3.05, 3.63) is 58.9 Å². The average molecular weight is 291 g/mol. The van der Waals surface area contributed by atoms with Crippen LogP contribution in [-0.4, -0.2) is 6.61 Å². The molecule has 0 atom stereocenters. The number of anilines is 1. The van der Waals surface area contributed by atoms with Crippen molar-refractivity contribution in [2.24, 2.45) is 0 Å². The van der Waals surface area contributed by atoms with Gasteiger partial charge < -0.3 is 10.1 Å². The van der Waals surface area contributed by atoms with Crippen LogP contribution in [-0.2, 0) is 6.54 Å². The van der Waals surface area contributed by atoms with Crippen LogP contribution >= 0.6 is 11.6 Å². The minimum atomic E-state index is -0.344.